The van der Waals surface area contributed by atoms with E-state index >= 15 is 0 Å². The molecule has 0 unspecified atom stereocenters. The van der Waals surface area contributed by atoms with Crippen LogP contribution >= 0.6 is 0 Å². The van der Waals surface area contributed by atoms with Crippen LogP contribution in [0.5, 0.6) is 0 Å². The monoisotopic (exact) mass is 248 g/mol. The number of rotatable bonds is 3. The third-order valence-corrected chi connectivity index (χ3v) is 3.53. The Morgan fingerprint density at radius 3 is 2.50 bits per heavy atom. The number of anilines is 1. The summed E-state index contributed by atoms with van der Waals surface area (Å²) in [5, 5.41) is 13.8. The van der Waals surface area contributed by atoms with Gasteiger partial charge in [0.25, 0.3) is 5.91 Å². The normalized spacial score (nSPS) is 18.1. The minimum absolute atomic E-state index is 0.0846. The highest BCUT2D eigenvalue weighted by molar-refractivity contribution is 5.92. The van der Waals surface area contributed by atoms with Crippen molar-refractivity contribution in [2.75, 3.05) is 12.4 Å². The second-order valence-corrected chi connectivity index (χ2v) is 5.13. The molecule has 1 fully saturated rings. The van der Waals surface area contributed by atoms with Crippen LogP contribution in [0.15, 0.2) is 12.1 Å². The predicted octanol–water partition coefficient (Wildman–Crippen LogP) is 1.97. The SMILES string of the molecule is CNc1ccc(C(=O)NC2(C)CCCCC2)nn1. The van der Waals surface area contributed by atoms with E-state index in [4.69, 9.17) is 0 Å². The number of hydrogen-bond acceptors (Lipinski definition) is 4. The van der Waals surface area contributed by atoms with Crippen LogP contribution in [0.1, 0.15) is 49.5 Å². The van der Waals surface area contributed by atoms with E-state index in [0.717, 1.165) is 12.8 Å². The molecule has 5 nitrogen and oxygen atoms in total. The molecule has 1 aromatic heterocycles. The fraction of sp³-hybridized carbons (Fsp3) is 0.615. The number of nitrogens with zero attached hydrogens (tertiary/aromatic N) is 2. The van der Waals surface area contributed by atoms with Crippen molar-refractivity contribution in [3.8, 4) is 0 Å². The maximum Gasteiger partial charge on any atom is 0.272 e. The van der Waals surface area contributed by atoms with Gasteiger partial charge in [-0.05, 0) is 31.9 Å². The number of amides is 1. The molecule has 0 aliphatic heterocycles. The van der Waals surface area contributed by atoms with E-state index in [1.807, 2.05) is 0 Å². The van der Waals surface area contributed by atoms with Gasteiger partial charge in [0.05, 0.1) is 0 Å². The van der Waals surface area contributed by atoms with Gasteiger partial charge >= 0.3 is 0 Å². The molecule has 1 heterocycles. The van der Waals surface area contributed by atoms with Crippen molar-refractivity contribution in [1.29, 1.82) is 0 Å². The molecule has 1 aliphatic rings. The summed E-state index contributed by atoms with van der Waals surface area (Å²) >= 11 is 0. The summed E-state index contributed by atoms with van der Waals surface area (Å²) in [5.74, 6) is 0.532. The van der Waals surface area contributed by atoms with Crippen LogP contribution in [0.2, 0.25) is 0 Å². The highest BCUT2D eigenvalue weighted by Crippen LogP contribution is 2.27. The lowest BCUT2D eigenvalue weighted by atomic mass is 9.83. The fourth-order valence-electron chi connectivity index (χ4n) is 2.38. The molecule has 0 radical (unpaired) electrons. The van der Waals surface area contributed by atoms with Crippen LogP contribution in [0.25, 0.3) is 0 Å². The largest absolute Gasteiger partial charge is 0.372 e. The summed E-state index contributed by atoms with van der Waals surface area (Å²) in [6, 6.07) is 3.45. The molecule has 18 heavy (non-hydrogen) atoms. The number of carbonyl (C=O) groups is 1. The number of hydrogen-bond donors (Lipinski definition) is 2. The quantitative estimate of drug-likeness (QED) is 0.858. The Hall–Kier alpha value is -1.65. The standard InChI is InChI=1S/C13H20N4O/c1-13(8-4-3-5-9-13)15-12(18)10-6-7-11(14-2)17-16-10/h6-7H,3-5,8-9H2,1-2H3,(H,14,17)(H,15,18). The summed E-state index contributed by atoms with van der Waals surface area (Å²) < 4.78 is 0. The first-order valence-electron chi connectivity index (χ1n) is 6.47. The van der Waals surface area contributed by atoms with Crippen molar-refractivity contribution in [3.05, 3.63) is 17.8 Å². The lowest BCUT2D eigenvalue weighted by Crippen LogP contribution is -2.47. The maximum absolute atomic E-state index is 12.1. The van der Waals surface area contributed by atoms with Crippen LogP contribution in [-0.4, -0.2) is 28.7 Å². The third-order valence-electron chi connectivity index (χ3n) is 3.53. The Labute approximate surface area is 107 Å². The Morgan fingerprint density at radius 2 is 1.94 bits per heavy atom. The van der Waals surface area contributed by atoms with E-state index in [0.29, 0.717) is 11.5 Å². The van der Waals surface area contributed by atoms with Gasteiger partial charge in [-0.1, -0.05) is 19.3 Å². The van der Waals surface area contributed by atoms with Gasteiger partial charge in [0.2, 0.25) is 0 Å². The van der Waals surface area contributed by atoms with Crippen LogP contribution in [0.4, 0.5) is 5.82 Å². The van der Waals surface area contributed by atoms with Crippen molar-refractivity contribution in [2.24, 2.45) is 0 Å². The van der Waals surface area contributed by atoms with E-state index < -0.39 is 0 Å². The molecule has 0 saturated heterocycles. The van der Waals surface area contributed by atoms with Crippen LogP contribution in [-0.2, 0) is 0 Å². The average molecular weight is 248 g/mol. The number of nitrogens with one attached hydrogen (secondary N) is 2. The topological polar surface area (TPSA) is 66.9 Å². The smallest absolute Gasteiger partial charge is 0.272 e. The first-order chi connectivity index (χ1) is 8.63. The van der Waals surface area contributed by atoms with Crippen molar-refractivity contribution >= 4 is 11.7 Å². The molecule has 1 saturated carbocycles. The van der Waals surface area contributed by atoms with Gasteiger partial charge in [-0.2, -0.15) is 0 Å². The zero-order valence-corrected chi connectivity index (χ0v) is 11.0. The summed E-state index contributed by atoms with van der Waals surface area (Å²) in [6.45, 7) is 2.11. The van der Waals surface area contributed by atoms with Gasteiger partial charge in [0, 0.05) is 12.6 Å². The second kappa shape index (κ2) is 5.33. The predicted molar refractivity (Wildman–Crippen MR) is 70.5 cm³/mol. The van der Waals surface area contributed by atoms with Crippen molar-refractivity contribution in [1.82, 2.24) is 15.5 Å². The molecule has 0 aromatic carbocycles. The van der Waals surface area contributed by atoms with Crippen molar-refractivity contribution in [2.45, 2.75) is 44.6 Å². The molecule has 0 atom stereocenters. The maximum atomic E-state index is 12.1. The van der Waals surface area contributed by atoms with E-state index in [9.17, 15) is 4.79 Å². The average Bonchev–Trinajstić information content (AvgIpc) is 2.39. The minimum Gasteiger partial charge on any atom is -0.372 e. The lowest BCUT2D eigenvalue weighted by Gasteiger charge is -2.34. The van der Waals surface area contributed by atoms with Crippen molar-refractivity contribution in [3.63, 3.8) is 0 Å². The molecule has 0 spiro atoms. The molecule has 5 heteroatoms. The summed E-state index contributed by atoms with van der Waals surface area (Å²) in [6.07, 6.45) is 5.71. The van der Waals surface area contributed by atoms with E-state index in [1.165, 1.54) is 19.3 Å². The Bertz CT molecular complexity index is 410. The van der Waals surface area contributed by atoms with E-state index in [-0.39, 0.29) is 11.4 Å². The third kappa shape index (κ3) is 2.97. The number of aromatic nitrogens is 2. The van der Waals surface area contributed by atoms with Gasteiger partial charge in [-0.15, -0.1) is 10.2 Å². The van der Waals surface area contributed by atoms with Crippen LogP contribution < -0.4 is 10.6 Å². The second-order valence-electron chi connectivity index (χ2n) is 5.13. The van der Waals surface area contributed by atoms with Gasteiger partial charge in [-0.3, -0.25) is 4.79 Å². The Kier molecular flexibility index (Phi) is 3.79. The molecule has 1 amide bonds. The van der Waals surface area contributed by atoms with Gasteiger partial charge < -0.3 is 10.6 Å². The lowest BCUT2D eigenvalue weighted by molar-refractivity contribution is 0.0876. The molecule has 2 N–H and O–H groups in total. The van der Waals surface area contributed by atoms with Crippen LogP contribution in [0, 0.1) is 0 Å². The fourth-order valence-corrected chi connectivity index (χ4v) is 2.38. The Morgan fingerprint density at radius 1 is 1.22 bits per heavy atom. The van der Waals surface area contributed by atoms with E-state index in [1.54, 1.807) is 19.2 Å². The zero-order valence-electron chi connectivity index (χ0n) is 11.0. The molecule has 1 aromatic rings. The number of carbonyl (C=O) groups excluding carboxylic acids is 1. The molecular formula is C13H20N4O. The molecular weight excluding hydrogens is 228 g/mol. The first kappa shape index (κ1) is 12.8. The molecule has 2 rings (SSSR count). The Balaban J connectivity index is 2.02. The summed E-state index contributed by atoms with van der Waals surface area (Å²) in [7, 11) is 1.77. The highest BCUT2D eigenvalue weighted by atomic mass is 16.2. The molecule has 0 bridgehead atoms. The minimum atomic E-state index is -0.130. The zero-order chi connectivity index (χ0) is 13.0. The van der Waals surface area contributed by atoms with Gasteiger partial charge in [-0.25, -0.2) is 0 Å². The highest BCUT2D eigenvalue weighted by Gasteiger charge is 2.29. The van der Waals surface area contributed by atoms with Crippen molar-refractivity contribution < 1.29 is 4.79 Å². The summed E-state index contributed by atoms with van der Waals surface area (Å²) in [4.78, 5) is 12.1. The van der Waals surface area contributed by atoms with Crippen LogP contribution in [0.3, 0.4) is 0 Å². The first-order valence-corrected chi connectivity index (χ1v) is 6.47. The summed E-state index contributed by atoms with van der Waals surface area (Å²) in [5.41, 5.74) is 0.291. The molecule has 98 valence electrons. The van der Waals surface area contributed by atoms with Gasteiger partial charge in [0.15, 0.2) is 5.69 Å². The van der Waals surface area contributed by atoms with Gasteiger partial charge in [0.1, 0.15) is 5.82 Å². The molecule has 1 aliphatic carbocycles. The van der Waals surface area contributed by atoms with E-state index in [2.05, 4.69) is 27.8 Å².